The fourth-order valence-corrected chi connectivity index (χ4v) is 3.28. The van der Waals surface area contributed by atoms with E-state index in [1.165, 1.54) is 11.1 Å². The molecule has 2 heterocycles. The molecule has 0 spiro atoms. The molecule has 0 N–H and O–H groups in total. The average Bonchev–Trinajstić information content (AvgIpc) is 2.54. The molecule has 2 aliphatic heterocycles. The molecule has 3 heteroatoms. The van der Waals surface area contributed by atoms with Gasteiger partial charge in [-0.2, -0.15) is 0 Å². The molecule has 1 atom stereocenters. The maximum atomic E-state index is 5.75. The summed E-state index contributed by atoms with van der Waals surface area (Å²) in [5.41, 5.74) is 2.97. The molecule has 1 unspecified atom stereocenters. The number of hydrogen-bond acceptors (Lipinski definition) is 3. The maximum absolute atomic E-state index is 5.75. The Morgan fingerprint density at radius 3 is 2.85 bits per heavy atom. The molecule has 3 aliphatic rings. The molecule has 0 saturated heterocycles. The summed E-state index contributed by atoms with van der Waals surface area (Å²) in [4.78, 5) is 2.54. The van der Waals surface area contributed by atoms with E-state index in [2.05, 4.69) is 41.3 Å². The molecule has 0 bridgehead atoms. The second kappa shape index (κ2) is 4.98. The lowest BCUT2D eigenvalue weighted by molar-refractivity contribution is 0.0531. The maximum Gasteiger partial charge on any atom is 0.156 e. The van der Waals surface area contributed by atoms with Crippen molar-refractivity contribution in [3.8, 4) is 0 Å². The molecule has 104 valence electrons. The first-order valence-electron chi connectivity index (χ1n) is 7.38. The number of nitrogens with zero attached hydrogens (tertiary/aromatic N) is 1. The fraction of sp³-hybridized carbons (Fsp3) is 0.412. The third-order valence-electron chi connectivity index (χ3n) is 4.39. The minimum Gasteiger partial charge on any atom is -0.490 e. The lowest BCUT2D eigenvalue weighted by Crippen LogP contribution is -2.40. The Bertz CT molecular complexity index is 576. The first kappa shape index (κ1) is 12.0. The topological polar surface area (TPSA) is 21.7 Å². The summed E-state index contributed by atoms with van der Waals surface area (Å²) in [5.74, 6) is 1.97. The van der Waals surface area contributed by atoms with E-state index in [9.17, 15) is 0 Å². The van der Waals surface area contributed by atoms with Crippen LogP contribution in [-0.2, 0) is 22.4 Å². The van der Waals surface area contributed by atoms with Crippen LogP contribution < -0.4 is 0 Å². The van der Waals surface area contributed by atoms with Crippen molar-refractivity contribution < 1.29 is 9.47 Å². The van der Waals surface area contributed by atoms with E-state index in [1.54, 1.807) is 0 Å². The van der Waals surface area contributed by atoms with Gasteiger partial charge in [0.15, 0.2) is 5.76 Å². The molecule has 0 aromatic heterocycles. The monoisotopic (exact) mass is 269 g/mol. The molecular formula is C17H19NO2. The van der Waals surface area contributed by atoms with Crippen LogP contribution >= 0.6 is 0 Å². The first-order valence-corrected chi connectivity index (χ1v) is 7.38. The number of allylic oxidation sites excluding steroid dienone is 1. The summed E-state index contributed by atoms with van der Waals surface area (Å²) < 4.78 is 11.4. The quantitative estimate of drug-likeness (QED) is 0.782. The normalized spacial score (nSPS) is 25.5. The summed E-state index contributed by atoms with van der Waals surface area (Å²) in [6.07, 6.45) is 6.43. The number of hydrogen-bond donors (Lipinski definition) is 0. The van der Waals surface area contributed by atoms with Gasteiger partial charge in [0.1, 0.15) is 19.0 Å². The summed E-state index contributed by atoms with van der Waals surface area (Å²) in [5, 5.41) is 0. The number of rotatable bonds is 1. The Labute approximate surface area is 119 Å². The van der Waals surface area contributed by atoms with Gasteiger partial charge >= 0.3 is 0 Å². The minimum absolute atomic E-state index is 0.434. The van der Waals surface area contributed by atoms with Gasteiger partial charge < -0.3 is 9.47 Å². The highest BCUT2D eigenvalue weighted by Gasteiger charge is 2.27. The van der Waals surface area contributed by atoms with E-state index in [-0.39, 0.29) is 0 Å². The van der Waals surface area contributed by atoms with Crippen molar-refractivity contribution in [2.75, 3.05) is 19.8 Å². The van der Waals surface area contributed by atoms with Crippen molar-refractivity contribution in [1.29, 1.82) is 0 Å². The van der Waals surface area contributed by atoms with Crippen LogP contribution in [0, 0.1) is 0 Å². The molecule has 0 amide bonds. The van der Waals surface area contributed by atoms with Crippen molar-refractivity contribution in [3.05, 3.63) is 59.1 Å². The van der Waals surface area contributed by atoms with E-state index in [1.807, 2.05) is 0 Å². The van der Waals surface area contributed by atoms with Gasteiger partial charge in [0, 0.05) is 25.6 Å². The Kier molecular flexibility index (Phi) is 3.00. The van der Waals surface area contributed by atoms with Gasteiger partial charge in [-0.15, -0.1) is 0 Å². The average molecular weight is 269 g/mol. The van der Waals surface area contributed by atoms with Crippen molar-refractivity contribution in [2.24, 2.45) is 0 Å². The molecule has 3 nitrogen and oxygen atoms in total. The highest BCUT2D eigenvalue weighted by atomic mass is 16.6. The Hall–Kier alpha value is -1.74. The van der Waals surface area contributed by atoms with Gasteiger partial charge in [0.05, 0.1) is 0 Å². The summed E-state index contributed by atoms with van der Waals surface area (Å²) >= 11 is 0. The van der Waals surface area contributed by atoms with E-state index >= 15 is 0 Å². The van der Waals surface area contributed by atoms with Gasteiger partial charge in [0.2, 0.25) is 0 Å². The Morgan fingerprint density at radius 1 is 1.05 bits per heavy atom. The van der Waals surface area contributed by atoms with E-state index in [0.717, 1.165) is 37.4 Å². The molecule has 4 rings (SSSR count). The fourth-order valence-electron chi connectivity index (χ4n) is 3.28. The van der Waals surface area contributed by atoms with Crippen LogP contribution in [0.3, 0.4) is 0 Å². The minimum atomic E-state index is 0.434. The smallest absolute Gasteiger partial charge is 0.156 e. The van der Waals surface area contributed by atoms with E-state index < -0.39 is 0 Å². The van der Waals surface area contributed by atoms with Crippen LogP contribution in [0.5, 0.6) is 0 Å². The number of benzene rings is 1. The highest BCUT2D eigenvalue weighted by Crippen LogP contribution is 2.29. The SMILES string of the molecule is C1=CC(N2CCc3ccccc3C2)CC2=C1OCCO2. The van der Waals surface area contributed by atoms with Crippen LogP contribution in [0.1, 0.15) is 17.5 Å². The molecule has 0 fully saturated rings. The van der Waals surface area contributed by atoms with Crippen molar-refractivity contribution >= 4 is 0 Å². The molecule has 1 aromatic rings. The lowest BCUT2D eigenvalue weighted by atomic mass is 9.96. The molecule has 1 aromatic carbocycles. The van der Waals surface area contributed by atoms with Crippen molar-refractivity contribution in [3.63, 3.8) is 0 Å². The largest absolute Gasteiger partial charge is 0.490 e. The van der Waals surface area contributed by atoms with Crippen molar-refractivity contribution in [1.82, 2.24) is 4.90 Å². The van der Waals surface area contributed by atoms with Gasteiger partial charge in [-0.3, -0.25) is 4.90 Å². The van der Waals surface area contributed by atoms with Crippen LogP contribution in [0.4, 0.5) is 0 Å². The third-order valence-corrected chi connectivity index (χ3v) is 4.39. The Morgan fingerprint density at radius 2 is 1.90 bits per heavy atom. The first-order chi connectivity index (χ1) is 9.90. The van der Waals surface area contributed by atoms with Gasteiger partial charge in [-0.1, -0.05) is 30.3 Å². The lowest BCUT2D eigenvalue weighted by Gasteiger charge is -2.36. The summed E-state index contributed by atoms with van der Waals surface area (Å²) in [6, 6.07) is 9.21. The zero-order chi connectivity index (χ0) is 13.4. The van der Waals surface area contributed by atoms with Gasteiger partial charge in [-0.25, -0.2) is 0 Å². The van der Waals surface area contributed by atoms with Crippen LogP contribution in [-0.4, -0.2) is 30.7 Å². The third kappa shape index (κ3) is 2.12. The second-order valence-corrected chi connectivity index (χ2v) is 5.60. The zero-order valence-electron chi connectivity index (χ0n) is 11.5. The number of fused-ring (bicyclic) bond motifs is 1. The molecular weight excluding hydrogens is 250 g/mol. The van der Waals surface area contributed by atoms with Crippen molar-refractivity contribution in [2.45, 2.75) is 25.4 Å². The number of ether oxygens (including phenoxy) is 2. The van der Waals surface area contributed by atoms with E-state index in [4.69, 9.17) is 9.47 Å². The Balaban J connectivity index is 1.51. The predicted octanol–water partition coefficient (Wildman–Crippen LogP) is 2.63. The molecule has 0 saturated carbocycles. The van der Waals surface area contributed by atoms with Crippen LogP contribution in [0.15, 0.2) is 47.9 Å². The van der Waals surface area contributed by atoms with Crippen LogP contribution in [0.2, 0.25) is 0 Å². The standard InChI is InChI=1S/C17H19NO2/c1-2-4-14-12-18(8-7-13(14)3-1)15-5-6-16-17(11-15)20-10-9-19-16/h1-6,15H,7-12H2. The summed E-state index contributed by atoms with van der Waals surface area (Å²) in [6.45, 7) is 3.51. The van der Waals surface area contributed by atoms with E-state index in [0.29, 0.717) is 19.3 Å². The highest BCUT2D eigenvalue weighted by molar-refractivity contribution is 5.31. The van der Waals surface area contributed by atoms with Gasteiger partial charge in [0.25, 0.3) is 0 Å². The van der Waals surface area contributed by atoms with Gasteiger partial charge in [-0.05, 0) is 23.6 Å². The molecule has 0 radical (unpaired) electrons. The summed E-state index contributed by atoms with van der Waals surface area (Å²) in [7, 11) is 0. The zero-order valence-corrected chi connectivity index (χ0v) is 11.5. The molecule has 1 aliphatic carbocycles. The predicted molar refractivity (Wildman–Crippen MR) is 77.0 cm³/mol. The molecule has 20 heavy (non-hydrogen) atoms. The second-order valence-electron chi connectivity index (χ2n) is 5.60. The van der Waals surface area contributed by atoms with Crippen LogP contribution in [0.25, 0.3) is 0 Å².